The molecule has 1 atom stereocenters. The summed E-state index contributed by atoms with van der Waals surface area (Å²) in [7, 11) is 1.56. The van der Waals surface area contributed by atoms with Crippen molar-refractivity contribution in [2.24, 2.45) is 0 Å². The fourth-order valence-electron chi connectivity index (χ4n) is 1.86. The predicted octanol–water partition coefficient (Wildman–Crippen LogP) is 3.08. The fourth-order valence-corrected chi connectivity index (χ4v) is 1.86. The Hall–Kier alpha value is -2.56. The van der Waals surface area contributed by atoms with Gasteiger partial charge in [0, 0.05) is 0 Å². The van der Waals surface area contributed by atoms with E-state index in [0.29, 0.717) is 17.1 Å². The van der Waals surface area contributed by atoms with E-state index in [1.807, 2.05) is 0 Å². The van der Waals surface area contributed by atoms with E-state index in [0.717, 1.165) is 0 Å². The Balaban J connectivity index is 2.06. The average molecular weight is 290 g/mol. The first-order valence-electron chi connectivity index (χ1n) is 6.35. The molecule has 0 fully saturated rings. The van der Waals surface area contributed by atoms with Gasteiger partial charge in [-0.1, -0.05) is 12.1 Å². The lowest BCUT2D eigenvalue weighted by Crippen LogP contribution is -2.19. The molecule has 0 spiro atoms. The van der Waals surface area contributed by atoms with Gasteiger partial charge in [-0.05, 0) is 42.0 Å². The highest BCUT2D eigenvalue weighted by Crippen LogP contribution is 2.21. The maximum Gasteiger partial charge on any atom is 0.314 e. The lowest BCUT2D eigenvalue weighted by atomic mass is 10.0. The van der Waals surface area contributed by atoms with Crippen LogP contribution in [0, 0.1) is 5.82 Å². The van der Waals surface area contributed by atoms with Gasteiger partial charge in [-0.3, -0.25) is 4.79 Å². The van der Waals surface area contributed by atoms with Crippen molar-refractivity contribution in [3.8, 4) is 11.5 Å². The van der Waals surface area contributed by atoms with Crippen LogP contribution in [0.15, 0.2) is 48.5 Å². The summed E-state index contributed by atoms with van der Waals surface area (Å²) in [6, 6.07) is 12.2. The van der Waals surface area contributed by atoms with Crippen LogP contribution in [0.2, 0.25) is 0 Å². The summed E-state index contributed by atoms with van der Waals surface area (Å²) in [5.41, 5.74) is 0.498. The highest BCUT2D eigenvalue weighted by atomic mass is 19.1. The normalized spacial score (nSPS) is 11.7. The number of carboxylic acids is 1. The molecule has 0 aromatic heterocycles. The van der Waals surface area contributed by atoms with Gasteiger partial charge in [0.15, 0.2) is 0 Å². The van der Waals surface area contributed by atoms with E-state index in [9.17, 15) is 14.3 Å². The van der Waals surface area contributed by atoms with Crippen molar-refractivity contribution < 1.29 is 23.8 Å². The van der Waals surface area contributed by atoms with Crippen LogP contribution in [-0.2, 0) is 4.79 Å². The van der Waals surface area contributed by atoms with Crippen molar-refractivity contribution in [3.05, 3.63) is 59.9 Å². The SMILES string of the molecule is COc1ccc(OCC(C(=O)O)c2ccc(F)cc2)cc1. The molecule has 0 amide bonds. The first kappa shape index (κ1) is 14.8. The number of methoxy groups -OCH3 is 1. The molecule has 5 heteroatoms. The summed E-state index contributed by atoms with van der Waals surface area (Å²) >= 11 is 0. The van der Waals surface area contributed by atoms with Gasteiger partial charge in [0.05, 0.1) is 7.11 Å². The highest BCUT2D eigenvalue weighted by Gasteiger charge is 2.20. The Morgan fingerprint density at radius 3 is 2.19 bits per heavy atom. The number of carbonyl (C=O) groups is 1. The van der Waals surface area contributed by atoms with Crippen LogP contribution in [0.3, 0.4) is 0 Å². The van der Waals surface area contributed by atoms with Crippen LogP contribution >= 0.6 is 0 Å². The Bertz CT molecular complexity index is 593. The van der Waals surface area contributed by atoms with Crippen molar-refractivity contribution in [2.75, 3.05) is 13.7 Å². The number of rotatable bonds is 6. The minimum absolute atomic E-state index is 0.0344. The van der Waals surface area contributed by atoms with Gasteiger partial charge < -0.3 is 14.6 Å². The number of hydrogen-bond donors (Lipinski definition) is 1. The third kappa shape index (κ3) is 3.95. The number of halogens is 1. The maximum atomic E-state index is 12.9. The van der Waals surface area contributed by atoms with E-state index in [2.05, 4.69) is 0 Å². The minimum Gasteiger partial charge on any atom is -0.497 e. The minimum atomic E-state index is -1.02. The maximum absolute atomic E-state index is 12.9. The van der Waals surface area contributed by atoms with E-state index in [1.165, 1.54) is 24.3 Å². The molecular weight excluding hydrogens is 275 g/mol. The second-order valence-corrected chi connectivity index (χ2v) is 4.43. The lowest BCUT2D eigenvalue weighted by Gasteiger charge is -2.14. The summed E-state index contributed by atoms with van der Waals surface area (Å²) in [4.78, 5) is 11.3. The molecule has 1 N–H and O–H groups in total. The van der Waals surface area contributed by atoms with Crippen LogP contribution in [0.4, 0.5) is 4.39 Å². The largest absolute Gasteiger partial charge is 0.497 e. The smallest absolute Gasteiger partial charge is 0.314 e. The number of carboxylic acid groups (broad SMARTS) is 1. The Labute approximate surface area is 121 Å². The topological polar surface area (TPSA) is 55.8 Å². The zero-order valence-corrected chi connectivity index (χ0v) is 11.5. The number of ether oxygens (including phenoxy) is 2. The van der Waals surface area contributed by atoms with Gasteiger partial charge in [0.25, 0.3) is 0 Å². The Kier molecular flexibility index (Phi) is 4.77. The van der Waals surface area contributed by atoms with Crippen molar-refractivity contribution in [1.29, 1.82) is 0 Å². The molecule has 2 rings (SSSR count). The van der Waals surface area contributed by atoms with E-state index < -0.39 is 17.7 Å². The monoisotopic (exact) mass is 290 g/mol. The predicted molar refractivity (Wildman–Crippen MR) is 75.3 cm³/mol. The first-order valence-corrected chi connectivity index (χ1v) is 6.35. The quantitative estimate of drug-likeness (QED) is 0.888. The van der Waals surface area contributed by atoms with E-state index in [-0.39, 0.29) is 6.61 Å². The van der Waals surface area contributed by atoms with Gasteiger partial charge in [0.2, 0.25) is 0 Å². The summed E-state index contributed by atoms with van der Waals surface area (Å²) in [6.45, 7) is -0.0344. The molecule has 0 aliphatic rings. The molecule has 0 bridgehead atoms. The van der Waals surface area contributed by atoms with Crippen molar-refractivity contribution in [2.45, 2.75) is 5.92 Å². The Morgan fingerprint density at radius 1 is 1.10 bits per heavy atom. The van der Waals surface area contributed by atoms with Crippen LogP contribution in [0.25, 0.3) is 0 Å². The molecule has 21 heavy (non-hydrogen) atoms. The second-order valence-electron chi connectivity index (χ2n) is 4.43. The third-order valence-corrected chi connectivity index (χ3v) is 3.05. The summed E-state index contributed by atoms with van der Waals surface area (Å²) in [5, 5.41) is 9.26. The summed E-state index contributed by atoms with van der Waals surface area (Å²) in [6.07, 6.45) is 0. The molecule has 4 nitrogen and oxygen atoms in total. The van der Waals surface area contributed by atoms with Gasteiger partial charge in [0.1, 0.15) is 29.8 Å². The van der Waals surface area contributed by atoms with Crippen LogP contribution in [-0.4, -0.2) is 24.8 Å². The van der Waals surface area contributed by atoms with Crippen molar-refractivity contribution in [3.63, 3.8) is 0 Å². The molecule has 1 unspecified atom stereocenters. The molecule has 0 aliphatic heterocycles. The zero-order valence-electron chi connectivity index (χ0n) is 11.5. The molecule has 2 aromatic carbocycles. The van der Waals surface area contributed by atoms with E-state index >= 15 is 0 Å². The number of benzene rings is 2. The van der Waals surface area contributed by atoms with Crippen LogP contribution in [0.1, 0.15) is 11.5 Å². The molecular formula is C16H15FO4. The van der Waals surface area contributed by atoms with Crippen LogP contribution < -0.4 is 9.47 Å². The van der Waals surface area contributed by atoms with Crippen molar-refractivity contribution in [1.82, 2.24) is 0 Å². The van der Waals surface area contributed by atoms with E-state index in [1.54, 1.807) is 31.4 Å². The van der Waals surface area contributed by atoms with E-state index in [4.69, 9.17) is 9.47 Å². The summed E-state index contributed by atoms with van der Waals surface area (Å²) < 4.78 is 23.4. The molecule has 110 valence electrons. The fraction of sp³-hybridized carbons (Fsp3) is 0.188. The summed E-state index contributed by atoms with van der Waals surface area (Å²) in [5.74, 6) is -1.04. The molecule has 0 saturated carbocycles. The molecule has 2 aromatic rings. The second kappa shape index (κ2) is 6.74. The first-order chi connectivity index (χ1) is 10.1. The highest BCUT2D eigenvalue weighted by molar-refractivity contribution is 5.76. The van der Waals surface area contributed by atoms with Gasteiger partial charge in [-0.25, -0.2) is 4.39 Å². The zero-order chi connectivity index (χ0) is 15.2. The molecule has 0 heterocycles. The molecule has 0 radical (unpaired) electrons. The average Bonchev–Trinajstić information content (AvgIpc) is 2.49. The van der Waals surface area contributed by atoms with Gasteiger partial charge in [-0.15, -0.1) is 0 Å². The van der Waals surface area contributed by atoms with Crippen molar-refractivity contribution >= 4 is 5.97 Å². The van der Waals surface area contributed by atoms with Gasteiger partial charge in [-0.2, -0.15) is 0 Å². The Morgan fingerprint density at radius 2 is 1.67 bits per heavy atom. The van der Waals surface area contributed by atoms with Crippen LogP contribution in [0.5, 0.6) is 11.5 Å². The van der Waals surface area contributed by atoms with Gasteiger partial charge >= 0.3 is 5.97 Å². The molecule has 0 aliphatic carbocycles. The number of hydrogen-bond acceptors (Lipinski definition) is 3. The lowest BCUT2D eigenvalue weighted by molar-refractivity contribution is -0.139. The number of aliphatic carboxylic acids is 1. The standard InChI is InChI=1S/C16H15FO4/c1-20-13-6-8-14(9-7-13)21-10-15(16(18)19)11-2-4-12(17)5-3-11/h2-9,15H,10H2,1H3,(H,18,19). The molecule has 0 saturated heterocycles. The third-order valence-electron chi connectivity index (χ3n) is 3.05.